The molecule has 0 aliphatic rings. The summed E-state index contributed by atoms with van der Waals surface area (Å²) in [6, 6.07) is 7.14. The predicted molar refractivity (Wildman–Crippen MR) is 96.7 cm³/mol. The van der Waals surface area contributed by atoms with Crippen LogP contribution in [0.5, 0.6) is 0 Å². The van der Waals surface area contributed by atoms with Crippen LogP contribution in [0.2, 0.25) is 0 Å². The Bertz CT molecular complexity index is 1180. The van der Waals surface area contributed by atoms with E-state index in [0.717, 1.165) is 5.69 Å². The van der Waals surface area contributed by atoms with Crippen molar-refractivity contribution in [2.75, 3.05) is 5.32 Å². The summed E-state index contributed by atoms with van der Waals surface area (Å²) in [5.41, 5.74) is 1.79. The maximum absolute atomic E-state index is 12.7. The van der Waals surface area contributed by atoms with E-state index in [1.807, 2.05) is 6.07 Å². The lowest BCUT2D eigenvalue weighted by Crippen LogP contribution is -2.17. The SMILES string of the molecule is Cc1c(C(=O)Nc2cccc(-n3cnnn3)c2)sc2ncn(C)c(=O)c12. The summed E-state index contributed by atoms with van der Waals surface area (Å²) >= 11 is 1.20. The number of fused-ring (bicyclic) bond motifs is 1. The number of aromatic nitrogens is 6. The van der Waals surface area contributed by atoms with Gasteiger partial charge in [-0.25, -0.2) is 9.67 Å². The maximum Gasteiger partial charge on any atom is 0.266 e. The second-order valence-electron chi connectivity index (χ2n) is 5.66. The summed E-state index contributed by atoms with van der Waals surface area (Å²) in [6.45, 7) is 1.76. The molecule has 130 valence electrons. The molecule has 0 saturated heterocycles. The minimum atomic E-state index is -0.290. The highest BCUT2D eigenvalue weighted by atomic mass is 32.1. The molecule has 0 aliphatic heterocycles. The fraction of sp³-hybridized carbons (Fsp3) is 0.125. The highest BCUT2D eigenvalue weighted by Crippen LogP contribution is 2.27. The van der Waals surface area contributed by atoms with Gasteiger partial charge in [0, 0.05) is 12.7 Å². The van der Waals surface area contributed by atoms with Gasteiger partial charge in [0.15, 0.2) is 0 Å². The first kappa shape index (κ1) is 16.1. The fourth-order valence-electron chi connectivity index (χ4n) is 2.62. The highest BCUT2D eigenvalue weighted by molar-refractivity contribution is 7.20. The van der Waals surface area contributed by atoms with Crippen LogP contribution in [0, 0.1) is 6.92 Å². The molecule has 9 nitrogen and oxygen atoms in total. The molecule has 4 aromatic rings. The Kier molecular flexibility index (Phi) is 3.81. The van der Waals surface area contributed by atoms with Crippen molar-refractivity contribution in [2.45, 2.75) is 6.92 Å². The Balaban J connectivity index is 1.68. The van der Waals surface area contributed by atoms with Crippen LogP contribution in [0.4, 0.5) is 5.69 Å². The van der Waals surface area contributed by atoms with E-state index >= 15 is 0 Å². The van der Waals surface area contributed by atoms with Crippen LogP contribution in [0.3, 0.4) is 0 Å². The Morgan fingerprint density at radius 2 is 2.12 bits per heavy atom. The predicted octanol–water partition coefficient (Wildman–Crippen LogP) is 1.53. The van der Waals surface area contributed by atoms with Gasteiger partial charge in [0.25, 0.3) is 11.5 Å². The second-order valence-corrected chi connectivity index (χ2v) is 6.65. The summed E-state index contributed by atoms with van der Waals surface area (Å²) in [5, 5.41) is 14.3. The number of rotatable bonds is 3. The van der Waals surface area contributed by atoms with Gasteiger partial charge in [0.1, 0.15) is 11.2 Å². The highest BCUT2D eigenvalue weighted by Gasteiger charge is 2.19. The quantitative estimate of drug-likeness (QED) is 0.588. The van der Waals surface area contributed by atoms with Gasteiger partial charge < -0.3 is 9.88 Å². The van der Waals surface area contributed by atoms with Crippen LogP contribution in [0.1, 0.15) is 15.2 Å². The van der Waals surface area contributed by atoms with E-state index in [1.165, 1.54) is 33.2 Å². The topological polar surface area (TPSA) is 108 Å². The summed E-state index contributed by atoms with van der Waals surface area (Å²) in [5.74, 6) is -0.290. The molecule has 1 amide bonds. The lowest BCUT2D eigenvalue weighted by molar-refractivity contribution is 0.103. The van der Waals surface area contributed by atoms with Crippen molar-refractivity contribution in [3.63, 3.8) is 0 Å². The number of aryl methyl sites for hydroxylation is 2. The van der Waals surface area contributed by atoms with Crippen LogP contribution in [0.25, 0.3) is 15.9 Å². The van der Waals surface area contributed by atoms with E-state index in [4.69, 9.17) is 0 Å². The molecule has 26 heavy (non-hydrogen) atoms. The molecule has 1 N–H and O–H groups in total. The zero-order chi connectivity index (χ0) is 18.3. The molecule has 0 unspecified atom stereocenters. The number of amides is 1. The van der Waals surface area contributed by atoms with Crippen LogP contribution >= 0.6 is 11.3 Å². The molecule has 10 heteroatoms. The van der Waals surface area contributed by atoms with Crippen molar-refractivity contribution >= 4 is 33.1 Å². The van der Waals surface area contributed by atoms with Crippen molar-refractivity contribution in [2.24, 2.45) is 7.05 Å². The van der Waals surface area contributed by atoms with Crippen molar-refractivity contribution < 1.29 is 4.79 Å². The molecule has 0 radical (unpaired) electrons. The number of benzene rings is 1. The van der Waals surface area contributed by atoms with Gasteiger partial charge >= 0.3 is 0 Å². The molecular weight excluding hydrogens is 354 g/mol. The number of hydrogen-bond donors (Lipinski definition) is 1. The van der Waals surface area contributed by atoms with E-state index in [2.05, 4.69) is 25.8 Å². The van der Waals surface area contributed by atoms with Gasteiger partial charge in [-0.05, 0) is 41.1 Å². The molecule has 0 fully saturated rings. The summed E-state index contributed by atoms with van der Waals surface area (Å²) < 4.78 is 2.90. The Labute approximate surface area is 150 Å². The fourth-order valence-corrected chi connectivity index (χ4v) is 3.65. The standard InChI is InChI=1S/C16H13N7O2S/c1-9-12-15(17-7-22(2)16(12)25)26-13(9)14(24)19-10-4-3-5-11(6-10)23-8-18-20-21-23/h3-8H,1-2H3,(H,19,24). The number of nitrogens with zero attached hydrogens (tertiary/aromatic N) is 6. The number of carbonyl (C=O) groups is 1. The Morgan fingerprint density at radius 1 is 1.27 bits per heavy atom. The smallest absolute Gasteiger partial charge is 0.266 e. The van der Waals surface area contributed by atoms with Gasteiger partial charge in [-0.15, -0.1) is 16.4 Å². The normalized spacial score (nSPS) is 11.0. The minimum Gasteiger partial charge on any atom is -0.321 e. The van der Waals surface area contributed by atoms with E-state index in [1.54, 1.807) is 32.2 Å². The zero-order valence-electron chi connectivity index (χ0n) is 13.9. The van der Waals surface area contributed by atoms with Gasteiger partial charge in [0.05, 0.1) is 22.3 Å². The number of nitrogens with one attached hydrogen (secondary N) is 1. The van der Waals surface area contributed by atoms with E-state index in [9.17, 15) is 9.59 Å². The third kappa shape index (κ3) is 2.65. The van der Waals surface area contributed by atoms with Crippen LogP contribution in [-0.2, 0) is 7.05 Å². The maximum atomic E-state index is 12.7. The first-order chi connectivity index (χ1) is 12.5. The molecule has 1 aromatic carbocycles. The largest absolute Gasteiger partial charge is 0.321 e. The number of thiophene rings is 1. The Hall–Kier alpha value is -3.40. The molecule has 4 rings (SSSR count). The summed E-state index contributed by atoms with van der Waals surface area (Å²) in [4.78, 5) is 30.3. The van der Waals surface area contributed by atoms with E-state index < -0.39 is 0 Å². The molecule has 3 aromatic heterocycles. The van der Waals surface area contributed by atoms with E-state index in [-0.39, 0.29) is 11.5 Å². The van der Waals surface area contributed by atoms with Crippen LogP contribution in [0.15, 0.2) is 41.7 Å². The second kappa shape index (κ2) is 6.15. The van der Waals surface area contributed by atoms with Crippen LogP contribution in [-0.4, -0.2) is 35.7 Å². The van der Waals surface area contributed by atoms with E-state index in [0.29, 0.717) is 26.3 Å². The van der Waals surface area contributed by atoms with Gasteiger partial charge in [-0.2, -0.15) is 0 Å². The lowest BCUT2D eigenvalue weighted by atomic mass is 10.2. The average Bonchev–Trinajstić information content (AvgIpc) is 3.27. The summed E-state index contributed by atoms with van der Waals surface area (Å²) in [7, 11) is 1.64. The molecule has 0 atom stereocenters. The van der Waals surface area contributed by atoms with Crippen molar-refractivity contribution in [3.8, 4) is 5.69 Å². The monoisotopic (exact) mass is 367 g/mol. The van der Waals surface area contributed by atoms with Crippen molar-refractivity contribution in [1.29, 1.82) is 0 Å². The first-order valence-corrected chi connectivity index (χ1v) is 8.46. The molecule has 0 bridgehead atoms. The molecule has 0 aliphatic carbocycles. The number of anilines is 1. The number of hydrogen-bond acceptors (Lipinski definition) is 7. The van der Waals surface area contributed by atoms with Crippen molar-refractivity contribution in [3.05, 3.63) is 57.7 Å². The molecule has 3 heterocycles. The third-order valence-corrected chi connectivity index (χ3v) is 5.13. The number of carbonyl (C=O) groups excluding carboxylic acids is 1. The van der Waals surface area contributed by atoms with Crippen molar-refractivity contribution in [1.82, 2.24) is 29.8 Å². The molecular formula is C16H13N7O2S. The van der Waals surface area contributed by atoms with Gasteiger partial charge in [0.2, 0.25) is 0 Å². The summed E-state index contributed by atoms with van der Waals surface area (Å²) in [6.07, 6.45) is 2.93. The lowest BCUT2D eigenvalue weighted by Gasteiger charge is -2.06. The number of tetrazole rings is 1. The molecule has 0 saturated carbocycles. The van der Waals surface area contributed by atoms with Gasteiger partial charge in [-0.3, -0.25) is 9.59 Å². The average molecular weight is 367 g/mol. The third-order valence-electron chi connectivity index (χ3n) is 3.93. The van der Waals surface area contributed by atoms with Gasteiger partial charge in [-0.1, -0.05) is 6.07 Å². The van der Waals surface area contributed by atoms with Crippen LogP contribution < -0.4 is 10.9 Å². The zero-order valence-corrected chi connectivity index (χ0v) is 14.7. The Morgan fingerprint density at radius 3 is 2.88 bits per heavy atom. The first-order valence-electron chi connectivity index (χ1n) is 7.64. The molecule has 0 spiro atoms. The minimum absolute atomic E-state index is 0.163.